The Bertz CT molecular complexity index is 864. The molecule has 0 fully saturated rings. The lowest BCUT2D eigenvalue weighted by Gasteiger charge is -2.20. The first-order valence-corrected chi connectivity index (χ1v) is 8.78. The van der Waals surface area contributed by atoms with Crippen molar-refractivity contribution in [2.45, 2.75) is 39.2 Å². The minimum atomic E-state index is -0.279. The maximum absolute atomic E-state index is 12.5. The molecule has 138 valence electrons. The monoisotopic (exact) mass is 356 g/mol. The number of nitrogens with one attached hydrogen (secondary N) is 2. The van der Waals surface area contributed by atoms with Crippen LogP contribution < -0.4 is 20.3 Å². The number of benzene rings is 1. The third-order valence-corrected chi connectivity index (χ3v) is 4.95. The molecular formula is C20H24N2O4. The number of fused-ring (bicyclic) bond motifs is 1. The SMILES string of the molecule is COc1cc(OC)cc(C(=O)NCc2c(C)c3c([nH]c2=O)CCCC3)c1. The van der Waals surface area contributed by atoms with Crippen molar-refractivity contribution in [1.82, 2.24) is 10.3 Å². The van der Waals surface area contributed by atoms with Gasteiger partial charge in [0.1, 0.15) is 11.5 Å². The van der Waals surface area contributed by atoms with Crippen molar-refractivity contribution in [1.29, 1.82) is 0 Å². The Morgan fingerprint density at radius 2 is 1.77 bits per heavy atom. The molecule has 2 N–H and O–H groups in total. The average Bonchev–Trinajstić information content (AvgIpc) is 2.67. The van der Waals surface area contributed by atoms with Gasteiger partial charge >= 0.3 is 0 Å². The Hall–Kier alpha value is -2.76. The summed E-state index contributed by atoms with van der Waals surface area (Å²) in [5.74, 6) is 0.799. The molecule has 0 bridgehead atoms. The van der Waals surface area contributed by atoms with Crippen LogP contribution in [0.2, 0.25) is 0 Å². The fourth-order valence-corrected chi connectivity index (χ4v) is 3.44. The summed E-state index contributed by atoms with van der Waals surface area (Å²) in [5.41, 5.74) is 4.19. The topological polar surface area (TPSA) is 80.4 Å². The smallest absolute Gasteiger partial charge is 0.253 e. The number of hydrogen-bond donors (Lipinski definition) is 2. The third-order valence-electron chi connectivity index (χ3n) is 4.95. The largest absolute Gasteiger partial charge is 0.497 e. The van der Waals surface area contributed by atoms with Crippen LogP contribution in [0.5, 0.6) is 11.5 Å². The minimum absolute atomic E-state index is 0.119. The van der Waals surface area contributed by atoms with Crippen molar-refractivity contribution in [2.24, 2.45) is 0 Å². The van der Waals surface area contributed by atoms with Crippen molar-refractivity contribution in [3.05, 3.63) is 56.5 Å². The van der Waals surface area contributed by atoms with E-state index >= 15 is 0 Å². The Labute approximate surface area is 152 Å². The molecule has 0 aliphatic heterocycles. The molecule has 0 radical (unpaired) electrons. The normalized spacial score (nSPS) is 13.0. The lowest BCUT2D eigenvalue weighted by Crippen LogP contribution is -2.29. The first kappa shape index (κ1) is 18.0. The van der Waals surface area contributed by atoms with Crippen LogP contribution in [0.4, 0.5) is 0 Å². The number of aromatic amines is 1. The summed E-state index contributed by atoms with van der Waals surface area (Å²) in [5, 5.41) is 2.84. The van der Waals surface area contributed by atoms with Gasteiger partial charge in [0.05, 0.1) is 14.2 Å². The molecule has 1 aliphatic carbocycles. The van der Waals surface area contributed by atoms with Crippen molar-refractivity contribution in [3.8, 4) is 11.5 Å². The highest BCUT2D eigenvalue weighted by molar-refractivity contribution is 5.95. The maximum Gasteiger partial charge on any atom is 0.253 e. The predicted molar refractivity (Wildman–Crippen MR) is 99.2 cm³/mol. The van der Waals surface area contributed by atoms with Crippen LogP contribution in [0.15, 0.2) is 23.0 Å². The Morgan fingerprint density at radius 1 is 1.12 bits per heavy atom. The first-order chi connectivity index (χ1) is 12.5. The average molecular weight is 356 g/mol. The highest BCUT2D eigenvalue weighted by atomic mass is 16.5. The van der Waals surface area contributed by atoms with Crippen LogP contribution in [-0.2, 0) is 19.4 Å². The van der Waals surface area contributed by atoms with Gasteiger partial charge in [0.25, 0.3) is 11.5 Å². The molecule has 26 heavy (non-hydrogen) atoms. The number of methoxy groups -OCH3 is 2. The number of aryl methyl sites for hydroxylation is 1. The molecule has 0 atom stereocenters. The molecule has 0 unspecified atom stereocenters. The fourth-order valence-electron chi connectivity index (χ4n) is 3.44. The van der Waals surface area contributed by atoms with E-state index in [1.165, 1.54) is 19.8 Å². The number of hydrogen-bond acceptors (Lipinski definition) is 4. The number of carbonyl (C=O) groups is 1. The third kappa shape index (κ3) is 3.59. The zero-order valence-electron chi connectivity index (χ0n) is 15.4. The van der Waals surface area contributed by atoms with Crippen LogP contribution in [-0.4, -0.2) is 25.1 Å². The second-order valence-corrected chi connectivity index (χ2v) is 6.51. The molecule has 0 spiro atoms. The standard InChI is InChI=1S/C20H24N2O4/c1-12-16-6-4-5-7-18(16)22-20(24)17(12)11-21-19(23)13-8-14(25-2)10-15(9-13)26-3/h8-10H,4-7,11H2,1-3H3,(H,21,23)(H,22,24). The van der Waals surface area contributed by atoms with E-state index < -0.39 is 0 Å². The summed E-state index contributed by atoms with van der Waals surface area (Å²) < 4.78 is 10.4. The number of rotatable bonds is 5. The highest BCUT2D eigenvalue weighted by Gasteiger charge is 2.18. The van der Waals surface area contributed by atoms with Gasteiger partial charge in [-0.05, 0) is 55.9 Å². The van der Waals surface area contributed by atoms with Crippen molar-refractivity contribution in [2.75, 3.05) is 14.2 Å². The molecule has 6 heteroatoms. The lowest BCUT2D eigenvalue weighted by atomic mass is 9.90. The zero-order chi connectivity index (χ0) is 18.7. The quantitative estimate of drug-likeness (QED) is 0.863. The number of amides is 1. The number of H-pyrrole nitrogens is 1. The van der Waals surface area contributed by atoms with Crippen LogP contribution >= 0.6 is 0 Å². The molecule has 1 aromatic carbocycles. The summed E-state index contributed by atoms with van der Waals surface area (Å²) in [6.07, 6.45) is 4.14. The van der Waals surface area contributed by atoms with Crippen molar-refractivity contribution >= 4 is 5.91 Å². The van der Waals surface area contributed by atoms with E-state index in [4.69, 9.17) is 9.47 Å². The van der Waals surface area contributed by atoms with Crippen molar-refractivity contribution in [3.63, 3.8) is 0 Å². The summed E-state index contributed by atoms with van der Waals surface area (Å²) in [6, 6.07) is 4.98. The van der Waals surface area contributed by atoms with E-state index in [9.17, 15) is 9.59 Å². The summed E-state index contributed by atoms with van der Waals surface area (Å²) >= 11 is 0. The van der Waals surface area contributed by atoms with Gasteiger partial charge in [-0.15, -0.1) is 0 Å². The molecule has 0 saturated heterocycles. The number of carbonyl (C=O) groups excluding carboxylic acids is 1. The Morgan fingerprint density at radius 3 is 2.42 bits per heavy atom. The van der Waals surface area contributed by atoms with Gasteiger partial charge in [-0.2, -0.15) is 0 Å². The van der Waals surface area contributed by atoms with Crippen LogP contribution in [0.3, 0.4) is 0 Å². The Balaban J connectivity index is 1.81. The van der Waals surface area contributed by atoms with E-state index in [-0.39, 0.29) is 18.0 Å². The predicted octanol–water partition coefficient (Wildman–Crippen LogP) is 2.51. The van der Waals surface area contributed by atoms with Gasteiger partial charge in [-0.25, -0.2) is 0 Å². The number of pyridine rings is 1. The molecule has 1 amide bonds. The van der Waals surface area contributed by atoms with Gasteiger partial charge in [0, 0.05) is 29.4 Å². The number of ether oxygens (including phenoxy) is 2. The first-order valence-electron chi connectivity index (χ1n) is 8.78. The summed E-state index contributed by atoms with van der Waals surface area (Å²) in [7, 11) is 3.07. The van der Waals surface area contributed by atoms with E-state index in [1.54, 1.807) is 18.2 Å². The summed E-state index contributed by atoms with van der Waals surface area (Å²) in [6.45, 7) is 2.16. The van der Waals surface area contributed by atoms with E-state index in [1.807, 2.05) is 6.92 Å². The fraction of sp³-hybridized carbons (Fsp3) is 0.400. The maximum atomic E-state index is 12.5. The molecule has 0 saturated carbocycles. The van der Waals surface area contributed by atoms with Gasteiger partial charge in [0.2, 0.25) is 0 Å². The Kier molecular flexibility index (Phi) is 5.30. The van der Waals surface area contributed by atoms with E-state index in [0.717, 1.165) is 36.9 Å². The number of aromatic nitrogens is 1. The zero-order valence-corrected chi connectivity index (χ0v) is 15.4. The molecule has 1 aromatic heterocycles. The molecular weight excluding hydrogens is 332 g/mol. The van der Waals surface area contributed by atoms with Crippen LogP contribution in [0, 0.1) is 6.92 Å². The van der Waals surface area contributed by atoms with E-state index in [0.29, 0.717) is 22.6 Å². The minimum Gasteiger partial charge on any atom is -0.497 e. The highest BCUT2D eigenvalue weighted by Crippen LogP contribution is 2.24. The van der Waals surface area contributed by atoms with Crippen molar-refractivity contribution < 1.29 is 14.3 Å². The van der Waals surface area contributed by atoms with Gasteiger partial charge in [-0.3, -0.25) is 9.59 Å². The molecule has 6 nitrogen and oxygen atoms in total. The molecule has 1 aliphatic rings. The summed E-state index contributed by atoms with van der Waals surface area (Å²) in [4.78, 5) is 27.9. The molecule has 3 rings (SSSR count). The second-order valence-electron chi connectivity index (χ2n) is 6.51. The van der Waals surface area contributed by atoms with Gasteiger partial charge in [-0.1, -0.05) is 0 Å². The van der Waals surface area contributed by atoms with Crippen LogP contribution in [0.25, 0.3) is 0 Å². The molecule has 1 heterocycles. The van der Waals surface area contributed by atoms with Gasteiger partial charge in [0.15, 0.2) is 0 Å². The molecule has 2 aromatic rings. The van der Waals surface area contributed by atoms with E-state index in [2.05, 4.69) is 10.3 Å². The van der Waals surface area contributed by atoms with Gasteiger partial charge < -0.3 is 19.8 Å². The lowest BCUT2D eigenvalue weighted by molar-refractivity contribution is 0.0950. The van der Waals surface area contributed by atoms with Crippen LogP contribution in [0.1, 0.15) is 45.6 Å². The second kappa shape index (κ2) is 7.64.